The van der Waals surface area contributed by atoms with Crippen molar-refractivity contribution in [3.63, 3.8) is 0 Å². The summed E-state index contributed by atoms with van der Waals surface area (Å²) in [7, 11) is 0. The molecule has 0 bridgehead atoms. The molecule has 0 aliphatic carbocycles. The first kappa shape index (κ1) is 13.1. The van der Waals surface area contributed by atoms with Gasteiger partial charge in [0.15, 0.2) is 0 Å². The zero-order chi connectivity index (χ0) is 13.0. The number of amides is 1. The largest absolute Gasteiger partial charge is 0.380 e. The highest BCUT2D eigenvalue weighted by molar-refractivity contribution is 5.94. The van der Waals surface area contributed by atoms with E-state index in [1.54, 1.807) is 6.07 Å². The number of hydrogen-bond donors (Lipinski definition) is 2. The second kappa shape index (κ2) is 5.50. The van der Waals surface area contributed by atoms with Crippen LogP contribution in [-0.2, 0) is 11.3 Å². The molecule has 1 aromatic carbocycles. The summed E-state index contributed by atoms with van der Waals surface area (Å²) in [4.78, 5) is 11.3. The molecule has 1 amide bonds. The average molecular weight is 248 g/mol. The number of ether oxygens (including phenoxy) is 1. The van der Waals surface area contributed by atoms with E-state index in [9.17, 15) is 4.79 Å². The molecular formula is C14H20N2O2. The summed E-state index contributed by atoms with van der Waals surface area (Å²) >= 11 is 0. The third-order valence-electron chi connectivity index (χ3n) is 3.43. The number of carbonyl (C=O) groups is 1. The number of benzene rings is 1. The molecule has 1 unspecified atom stereocenters. The van der Waals surface area contributed by atoms with Gasteiger partial charge in [-0.3, -0.25) is 4.79 Å². The maximum atomic E-state index is 11.3. The van der Waals surface area contributed by atoms with Gasteiger partial charge in [-0.25, -0.2) is 0 Å². The Morgan fingerprint density at radius 3 is 2.94 bits per heavy atom. The van der Waals surface area contributed by atoms with E-state index in [4.69, 9.17) is 10.5 Å². The van der Waals surface area contributed by atoms with Gasteiger partial charge >= 0.3 is 0 Å². The molecule has 1 aromatic rings. The Kier molecular flexibility index (Phi) is 3.99. The molecule has 0 radical (unpaired) electrons. The Hall–Kier alpha value is -1.39. The molecular weight excluding hydrogens is 228 g/mol. The Balaban J connectivity index is 2.03. The summed E-state index contributed by atoms with van der Waals surface area (Å²) in [6.07, 6.45) is 2.16. The summed E-state index contributed by atoms with van der Waals surface area (Å²) in [5.41, 5.74) is 6.88. The molecule has 1 heterocycles. The van der Waals surface area contributed by atoms with Crippen molar-refractivity contribution in [1.29, 1.82) is 0 Å². The number of primary amides is 1. The van der Waals surface area contributed by atoms with Gasteiger partial charge in [-0.2, -0.15) is 0 Å². The lowest BCUT2D eigenvalue weighted by Crippen LogP contribution is -2.48. The molecule has 2 rings (SSSR count). The van der Waals surface area contributed by atoms with Crippen molar-refractivity contribution in [1.82, 2.24) is 5.32 Å². The van der Waals surface area contributed by atoms with E-state index >= 15 is 0 Å². The van der Waals surface area contributed by atoms with Crippen molar-refractivity contribution in [3.05, 3.63) is 35.4 Å². The average Bonchev–Trinajstić information content (AvgIpc) is 2.38. The minimum atomic E-state index is -0.377. The lowest BCUT2D eigenvalue weighted by molar-refractivity contribution is 0.0277. The number of carbonyl (C=O) groups excluding carboxylic acids is 1. The van der Waals surface area contributed by atoms with Crippen molar-refractivity contribution in [2.75, 3.05) is 13.2 Å². The van der Waals surface area contributed by atoms with Gasteiger partial charge in [0, 0.05) is 24.3 Å². The van der Waals surface area contributed by atoms with Gasteiger partial charge in [0.1, 0.15) is 0 Å². The van der Waals surface area contributed by atoms with Gasteiger partial charge in [0.25, 0.3) is 0 Å². The maximum Gasteiger partial charge on any atom is 0.249 e. The van der Waals surface area contributed by atoms with Crippen molar-refractivity contribution < 1.29 is 9.53 Å². The maximum absolute atomic E-state index is 11.3. The molecule has 1 atom stereocenters. The summed E-state index contributed by atoms with van der Waals surface area (Å²) in [5.74, 6) is -0.377. The van der Waals surface area contributed by atoms with Crippen molar-refractivity contribution in [2.45, 2.75) is 31.8 Å². The SMILES string of the molecule is CC1(NCc2ccccc2C(N)=O)CCCOC1. The Morgan fingerprint density at radius 2 is 2.28 bits per heavy atom. The van der Waals surface area contributed by atoms with Gasteiger partial charge in [-0.05, 0) is 31.4 Å². The number of nitrogens with one attached hydrogen (secondary N) is 1. The van der Waals surface area contributed by atoms with Crippen LogP contribution in [0.2, 0.25) is 0 Å². The Morgan fingerprint density at radius 1 is 1.50 bits per heavy atom. The van der Waals surface area contributed by atoms with Crippen LogP contribution in [0.5, 0.6) is 0 Å². The summed E-state index contributed by atoms with van der Waals surface area (Å²) in [5, 5.41) is 3.48. The van der Waals surface area contributed by atoms with Crippen LogP contribution >= 0.6 is 0 Å². The van der Waals surface area contributed by atoms with Crippen molar-refractivity contribution >= 4 is 5.91 Å². The van der Waals surface area contributed by atoms with Gasteiger partial charge in [0.2, 0.25) is 5.91 Å². The van der Waals surface area contributed by atoms with E-state index in [-0.39, 0.29) is 11.4 Å². The zero-order valence-corrected chi connectivity index (χ0v) is 10.7. The molecule has 18 heavy (non-hydrogen) atoms. The predicted molar refractivity (Wildman–Crippen MR) is 70.3 cm³/mol. The van der Waals surface area contributed by atoms with Crippen LogP contribution in [-0.4, -0.2) is 24.7 Å². The molecule has 1 aliphatic rings. The zero-order valence-electron chi connectivity index (χ0n) is 10.7. The third-order valence-corrected chi connectivity index (χ3v) is 3.43. The fraction of sp³-hybridized carbons (Fsp3) is 0.500. The minimum absolute atomic E-state index is 0.0109. The van der Waals surface area contributed by atoms with E-state index in [1.807, 2.05) is 18.2 Å². The smallest absolute Gasteiger partial charge is 0.249 e. The highest BCUT2D eigenvalue weighted by Gasteiger charge is 2.27. The second-order valence-corrected chi connectivity index (χ2v) is 5.09. The van der Waals surface area contributed by atoms with Crippen LogP contribution in [0.4, 0.5) is 0 Å². The topological polar surface area (TPSA) is 64.3 Å². The first-order valence-electron chi connectivity index (χ1n) is 6.31. The second-order valence-electron chi connectivity index (χ2n) is 5.09. The quantitative estimate of drug-likeness (QED) is 0.847. The Labute approximate surface area is 108 Å². The van der Waals surface area contributed by atoms with Crippen LogP contribution < -0.4 is 11.1 Å². The van der Waals surface area contributed by atoms with Gasteiger partial charge in [0.05, 0.1) is 6.61 Å². The number of hydrogen-bond acceptors (Lipinski definition) is 3. The fourth-order valence-electron chi connectivity index (χ4n) is 2.30. The molecule has 0 aromatic heterocycles. The number of rotatable bonds is 4. The molecule has 3 N–H and O–H groups in total. The monoisotopic (exact) mass is 248 g/mol. The highest BCUT2D eigenvalue weighted by atomic mass is 16.5. The minimum Gasteiger partial charge on any atom is -0.380 e. The summed E-state index contributed by atoms with van der Waals surface area (Å²) in [6.45, 7) is 4.35. The first-order chi connectivity index (χ1) is 8.61. The van der Waals surface area contributed by atoms with E-state index in [2.05, 4.69) is 12.2 Å². The lowest BCUT2D eigenvalue weighted by atomic mass is 9.94. The molecule has 1 fully saturated rings. The van der Waals surface area contributed by atoms with E-state index in [0.29, 0.717) is 18.7 Å². The molecule has 1 saturated heterocycles. The predicted octanol–water partition coefficient (Wildman–Crippen LogP) is 1.44. The third kappa shape index (κ3) is 3.09. The fourth-order valence-corrected chi connectivity index (χ4v) is 2.30. The molecule has 0 spiro atoms. The highest BCUT2D eigenvalue weighted by Crippen LogP contribution is 2.19. The number of nitrogens with two attached hydrogens (primary N) is 1. The van der Waals surface area contributed by atoms with E-state index in [0.717, 1.165) is 25.0 Å². The summed E-state index contributed by atoms with van der Waals surface area (Å²) < 4.78 is 5.50. The molecule has 4 heteroatoms. The van der Waals surface area contributed by atoms with E-state index in [1.165, 1.54) is 0 Å². The van der Waals surface area contributed by atoms with E-state index < -0.39 is 0 Å². The normalized spacial score (nSPS) is 23.8. The molecule has 0 saturated carbocycles. The Bertz CT molecular complexity index is 426. The first-order valence-corrected chi connectivity index (χ1v) is 6.31. The van der Waals surface area contributed by atoms with Crippen molar-refractivity contribution in [3.8, 4) is 0 Å². The molecule has 98 valence electrons. The van der Waals surface area contributed by atoms with Crippen molar-refractivity contribution in [2.24, 2.45) is 5.73 Å². The van der Waals surface area contributed by atoms with Gasteiger partial charge in [-0.1, -0.05) is 18.2 Å². The van der Waals surface area contributed by atoms with Gasteiger partial charge in [-0.15, -0.1) is 0 Å². The van der Waals surface area contributed by atoms with Crippen LogP contribution in [0.1, 0.15) is 35.7 Å². The van der Waals surface area contributed by atoms with Crippen LogP contribution in [0.25, 0.3) is 0 Å². The van der Waals surface area contributed by atoms with Crippen LogP contribution in [0.3, 0.4) is 0 Å². The molecule has 1 aliphatic heterocycles. The standard InChI is InChI=1S/C14H20N2O2/c1-14(7-4-8-18-10-14)16-9-11-5-2-3-6-12(11)13(15)17/h2-3,5-6,16H,4,7-10H2,1H3,(H2,15,17). The lowest BCUT2D eigenvalue weighted by Gasteiger charge is -2.34. The van der Waals surface area contributed by atoms with Gasteiger partial charge < -0.3 is 15.8 Å². The summed E-state index contributed by atoms with van der Waals surface area (Å²) in [6, 6.07) is 7.44. The van der Waals surface area contributed by atoms with Crippen LogP contribution in [0.15, 0.2) is 24.3 Å². The van der Waals surface area contributed by atoms with Crippen LogP contribution in [0, 0.1) is 0 Å². The molecule has 4 nitrogen and oxygen atoms in total.